The van der Waals surface area contributed by atoms with E-state index in [1.54, 1.807) is 31.2 Å². The quantitative estimate of drug-likeness (QED) is 0.773. The van der Waals surface area contributed by atoms with Crippen LogP contribution in [-0.2, 0) is 20.5 Å². The van der Waals surface area contributed by atoms with Crippen molar-refractivity contribution >= 4 is 17.6 Å². The number of hydrogen-bond acceptors (Lipinski definition) is 3. The van der Waals surface area contributed by atoms with Gasteiger partial charge in [0.05, 0.1) is 17.2 Å². The maximum Gasteiger partial charge on any atom is 0.418 e. The summed E-state index contributed by atoms with van der Waals surface area (Å²) in [6.07, 6.45) is -4.12. The van der Waals surface area contributed by atoms with E-state index in [2.05, 4.69) is 5.32 Å². The SMILES string of the molecule is CC[C@@H](C(=O)OCC(=O)Nc1ccccc1C(F)(F)F)c1ccccc1. The van der Waals surface area contributed by atoms with Crippen molar-refractivity contribution in [1.82, 2.24) is 0 Å². The van der Waals surface area contributed by atoms with Gasteiger partial charge in [0.1, 0.15) is 0 Å². The topological polar surface area (TPSA) is 55.4 Å². The monoisotopic (exact) mass is 365 g/mol. The van der Waals surface area contributed by atoms with Crippen molar-refractivity contribution in [3.63, 3.8) is 0 Å². The maximum absolute atomic E-state index is 12.9. The van der Waals surface area contributed by atoms with Crippen LogP contribution < -0.4 is 5.32 Å². The molecule has 2 aromatic rings. The minimum atomic E-state index is -4.60. The van der Waals surface area contributed by atoms with Gasteiger partial charge in [-0.15, -0.1) is 0 Å². The molecule has 138 valence electrons. The second-order valence-electron chi connectivity index (χ2n) is 5.57. The molecule has 2 rings (SSSR count). The number of alkyl halides is 3. The van der Waals surface area contributed by atoms with Gasteiger partial charge in [-0.2, -0.15) is 13.2 Å². The fraction of sp³-hybridized carbons (Fsp3) is 0.263. The molecule has 0 aliphatic heterocycles. The van der Waals surface area contributed by atoms with Crippen molar-refractivity contribution < 1.29 is 27.5 Å². The minimum Gasteiger partial charge on any atom is -0.455 e. The Kier molecular flexibility index (Phi) is 6.38. The van der Waals surface area contributed by atoms with E-state index < -0.39 is 36.1 Å². The molecule has 0 unspecified atom stereocenters. The molecule has 0 bridgehead atoms. The number of carbonyl (C=O) groups excluding carboxylic acids is 2. The van der Waals surface area contributed by atoms with Gasteiger partial charge >= 0.3 is 12.1 Å². The number of halogens is 3. The van der Waals surface area contributed by atoms with Gasteiger partial charge in [-0.3, -0.25) is 9.59 Å². The van der Waals surface area contributed by atoms with Gasteiger partial charge in [-0.1, -0.05) is 49.4 Å². The summed E-state index contributed by atoms with van der Waals surface area (Å²) < 4.78 is 43.7. The predicted octanol–water partition coefficient (Wildman–Crippen LogP) is 4.38. The number of rotatable bonds is 6. The second kappa shape index (κ2) is 8.51. The van der Waals surface area contributed by atoms with Gasteiger partial charge in [0.25, 0.3) is 5.91 Å². The fourth-order valence-corrected chi connectivity index (χ4v) is 2.49. The summed E-state index contributed by atoms with van der Waals surface area (Å²) in [4.78, 5) is 24.1. The molecular formula is C19H18F3NO3. The van der Waals surface area contributed by atoms with Crippen LogP contribution in [0.4, 0.5) is 18.9 Å². The second-order valence-corrected chi connectivity index (χ2v) is 5.57. The van der Waals surface area contributed by atoms with Gasteiger partial charge in [0.15, 0.2) is 6.61 Å². The number of amides is 1. The molecule has 0 aliphatic carbocycles. The van der Waals surface area contributed by atoms with E-state index in [1.807, 2.05) is 6.07 Å². The number of carbonyl (C=O) groups is 2. The van der Waals surface area contributed by atoms with Crippen molar-refractivity contribution in [3.05, 3.63) is 65.7 Å². The van der Waals surface area contributed by atoms with E-state index >= 15 is 0 Å². The van der Waals surface area contributed by atoms with E-state index in [4.69, 9.17) is 4.74 Å². The van der Waals surface area contributed by atoms with Crippen LogP contribution in [-0.4, -0.2) is 18.5 Å². The average Bonchev–Trinajstić information content (AvgIpc) is 2.61. The van der Waals surface area contributed by atoms with Crippen LogP contribution in [0, 0.1) is 0 Å². The Labute approximate surface area is 149 Å². The summed E-state index contributed by atoms with van der Waals surface area (Å²) in [7, 11) is 0. The Bertz CT molecular complexity index is 760. The number of benzene rings is 2. The first-order valence-electron chi connectivity index (χ1n) is 8.00. The molecule has 26 heavy (non-hydrogen) atoms. The average molecular weight is 365 g/mol. The highest BCUT2D eigenvalue weighted by molar-refractivity contribution is 5.94. The van der Waals surface area contributed by atoms with Crippen LogP contribution in [0.25, 0.3) is 0 Å². The van der Waals surface area contributed by atoms with E-state index in [1.165, 1.54) is 12.1 Å². The van der Waals surface area contributed by atoms with Gasteiger partial charge in [0, 0.05) is 0 Å². The molecule has 0 radical (unpaired) electrons. The normalized spacial score (nSPS) is 12.3. The first-order valence-corrected chi connectivity index (χ1v) is 8.00. The molecule has 0 aliphatic rings. The molecule has 0 saturated heterocycles. The predicted molar refractivity (Wildman–Crippen MR) is 90.5 cm³/mol. The van der Waals surface area contributed by atoms with Crippen molar-refractivity contribution in [1.29, 1.82) is 0 Å². The lowest BCUT2D eigenvalue weighted by atomic mass is 9.97. The van der Waals surface area contributed by atoms with E-state index in [0.29, 0.717) is 6.42 Å². The lowest BCUT2D eigenvalue weighted by molar-refractivity contribution is -0.149. The van der Waals surface area contributed by atoms with Crippen LogP contribution in [0.15, 0.2) is 54.6 Å². The van der Waals surface area contributed by atoms with E-state index in [-0.39, 0.29) is 5.69 Å². The third-order valence-electron chi connectivity index (χ3n) is 3.75. The Morgan fingerprint density at radius 2 is 1.65 bits per heavy atom. The van der Waals surface area contributed by atoms with Crippen molar-refractivity contribution in [2.45, 2.75) is 25.4 Å². The largest absolute Gasteiger partial charge is 0.455 e. The summed E-state index contributed by atoms with van der Waals surface area (Å²) in [5.41, 5.74) is -0.589. The first-order chi connectivity index (χ1) is 12.3. The standard InChI is InChI=1S/C19H18F3NO3/c1-2-14(13-8-4-3-5-9-13)18(25)26-12-17(24)23-16-11-7-6-10-15(16)19(20,21)22/h3-11,14H,2,12H2,1H3,(H,23,24)/t14-/m1/s1. The summed E-state index contributed by atoms with van der Waals surface area (Å²) in [5.74, 6) is -1.97. The Hall–Kier alpha value is -2.83. The van der Waals surface area contributed by atoms with E-state index in [9.17, 15) is 22.8 Å². The molecular weight excluding hydrogens is 347 g/mol. The molecule has 1 atom stereocenters. The van der Waals surface area contributed by atoms with E-state index in [0.717, 1.165) is 17.7 Å². The molecule has 0 heterocycles. The molecule has 0 spiro atoms. The number of ether oxygens (including phenoxy) is 1. The van der Waals surface area contributed by atoms with Gasteiger partial charge in [-0.25, -0.2) is 0 Å². The molecule has 0 aromatic heterocycles. The smallest absolute Gasteiger partial charge is 0.418 e. The Balaban J connectivity index is 1.98. The van der Waals surface area contributed by atoms with Crippen LogP contribution in [0.1, 0.15) is 30.4 Å². The highest BCUT2D eigenvalue weighted by atomic mass is 19.4. The molecule has 0 saturated carbocycles. The number of esters is 1. The third kappa shape index (κ3) is 5.08. The van der Waals surface area contributed by atoms with Crippen LogP contribution in [0.3, 0.4) is 0 Å². The van der Waals surface area contributed by atoms with Gasteiger partial charge in [0.2, 0.25) is 0 Å². The first kappa shape index (κ1) is 19.5. The Morgan fingerprint density at radius 3 is 2.27 bits per heavy atom. The maximum atomic E-state index is 12.9. The molecule has 1 amide bonds. The summed E-state index contributed by atoms with van der Waals surface area (Å²) in [5, 5.41) is 2.13. The van der Waals surface area contributed by atoms with Crippen LogP contribution in [0.2, 0.25) is 0 Å². The lowest BCUT2D eigenvalue weighted by Crippen LogP contribution is -2.25. The lowest BCUT2D eigenvalue weighted by Gasteiger charge is -2.16. The molecule has 7 heteroatoms. The van der Waals surface area contributed by atoms with Crippen molar-refractivity contribution in [2.24, 2.45) is 0 Å². The fourth-order valence-electron chi connectivity index (χ4n) is 2.49. The van der Waals surface area contributed by atoms with Crippen LogP contribution >= 0.6 is 0 Å². The summed E-state index contributed by atoms with van der Waals surface area (Å²) in [6, 6.07) is 13.5. The molecule has 0 fully saturated rings. The molecule has 2 aromatic carbocycles. The van der Waals surface area contributed by atoms with Gasteiger partial charge in [-0.05, 0) is 24.1 Å². The zero-order valence-electron chi connectivity index (χ0n) is 14.0. The minimum absolute atomic E-state index is 0.379. The third-order valence-corrected chi connectivity index (χ3v) is 3.75. The highest BCUT2D eigenvalue weighted by Crippen LogP contribution is 2.34. The highest BCUT2D eigenvalue weighted by Gasteiger charge is 2.33. The van der Waals surface area contributed by atoms with Gasteiger partial charge < -0.3 is 10.1 Å². The molecule has 4 nitrogen and oxygen atoms in total. The summed E-state index contributed by atoms with van der Waals surface area (Å²) >= 11 is 0. The zero-order chi connectivity index (χ0) is 19.2. The Morgan fingerprint density at radius 1 is 1.04 bits per heavy atom. The summed E-state index contributed by atoms with van der Waals surface area (Å²) in [6.45, 7) is 1.15. The van der Waals surface area contributed by atoms with Crippen molar-refractivity contribution in [3.8, 4) is 0 Å². The van der Waals surface area contributed by atoms with Crippen LogP contribution in [0.5, 0.6) is 0 Å². The number of hydrogen-bond donors (Lipinski definition) is 1. The van der Waals surface area contributed by atoms with Crippen molar-refractivity contribution in [2.75, 3.05) is 11.9 Å². The zero-order valence-corrected chi connectivity index (χ0v) is 14.0. The number of para-hydroxylation sites is 1. The molecule has 1 N–H and O–H groups in total. The number of nitrogens with one attached hydrogen (secondary N) is 1. The number of anilines is 1.